The van der Waals surface area contributed by atoms with Crippen molar-refractivity contribution in [2.75, 3.05) is 14.1 Å². The summed E-state index contributed by atoms with van der Waals surface area (Å²) in [5.74, 6) is -0.124. The van der Waals surface area contributed by atoms with Gasteiger partial charge in [0.2, 0.25) is 0 Å². The van der Waals surface area contributed by atoms with Crippen LogP contribution in [0.2, 0.25) is 0 Å². The third-order valence-electron chi connectivity index (χ3n) is 3.51. The van der Waals surface area contributed by atoms with Crippen LogP contribution >= 0.6 is 0 Å². The molecule has 0 aliphatic carbocycles. The maximum absolute atomic E-state index is 10.9. The lowest BCUT2D eigenvalue weighted by Gasteiger charge is -2.40. The topological polar surface area (TPSA) is 40.5 Å². The summed E-state index contributed by atoms with van der Waals surface area (Å²) in [6.07, 6.45) is 3.19. The second-order valence-corrected chi connectivity index (χ2v) is 4.76. The van der Waals surface area contributed by atoms with Gasteiger partial charge in [-0.25, -0.2) is 0 Å². The SMILES string of the molecule is CCC(C)CC(CC)(CC(=O)O)N(C)C. The van der Waals surface area contributed by atoms with Crippen molar-refractivity contribution in [1.29, 1.82) is 0 Å². The number of aliphatic carboxylic acids is 1. The summed E-state index contributed by atoms with van der Waals surface area (Å²) < 4.78 is 0. The predicted molar refractivity (Wildman–Crippen MR) is 63.0 cm³/mol. The van der Waals surface area contributed by atoms with E-state index in [0.717, 1.165) is 19.3 Å². The number of nitrogens with zero attached hydrogens (tertiary/aromatic N) is 1. The molecule has 3 heteroatoms. The number of rotatable bonds is 7. The van der Waals surface area contributed by atoms with Crippen molar-refractivity contribution < 1.29 is 9.90 Å². The molecule has 0 saturated heterocycles. The van der Waals surface area contributed by atoms with Gasteiger partial charge in [-0.15, -0.1) is 0 Å². The second kappa shape index (κ2) is 6.11. The lowest BCUT2D eigenvalue weighted by molar-refractivity contribution is -0.140. The number of carboxylic acids is 1. The van der Waals surface area contributed by atoms with Crippen molar-refractivity contribution in [3.05, 3.63) is 0 Å². The number of carboxylic acid groups (broad SMARTS) is 1. The Morgan fingerprint density at radius 3 is 2.20 bits per heavy atom. The summed E-state index contributed by atoms with van der Waals surface area (Å²) >= 11 is 0. The maximum atomic E-state index is 10.9. The first-order valence-electron chi connectivity index (χ1n) is 5.77. The molecule has 0 fully saturated rings. The highest BCUT2D eigenvalue weighted by atomic mass is 16.4. The van der Waals surface area contributed by atoms with E-state index in [4.69, 9.17) is 5.11 Å². The van der Waals surface area contributed by atoms with E-state index < -0.39 is 5.97 Å². The second-order valence-electron chi connectivity index (χ2n) is 4.76. The van der Waals surface area contributed by atoms with Gasteiger partial charge >= 0.3 is 5.97 Å². The summed E-state index contributed by atoms with van der Waals surface area (Å²) in [5, 5.41) is 8.99. The molecule has 15 heavy (non-hydrogen) atoms. The van der Waals surface area contributed by atoms with E-state index in [1.807, 2.05) is 14.1 Å². The third kappa shape index (κ3) is 4.20. The van der Waals surface area contributed by atoms with E-state index in [9.17, 15) is 4.79 Å². The molecule has 0 amide bonds. The molecule has 1 N–H and O–H groups in total. The summed E-state index contributed by atoms with van der Waals surface area (Å²) in [7, 11) is 3.96. The summed E-state index contributed by atoms with van der Waals surface area (Å²) in [4.78, 5) is 13.0. The minimum Gasteiger partial charge on any atom is -0.481 e. The lowest BCUT2D eigenvalue weighted by atomic mass is 9.81. The Labute approximate surface area is 93.5 Å². The van der Waals surface area contributed by atoms with E-state index >= 15 is 0 Å². The van der Waals surface area contributed by atoms with E-state index in [1.165, 1.54) is 0 Å². The Balaban J connectivity index is 4.72. The normalized spacial score (nSPS) is 17.5. The molecule has 2 atom stereocenters. The van der Waals surface area contributed by atoms with Crippen molar-refractivity contribution in [2.24, 2.45) is 5.92 Å². The van der Waals surface area contributed by atoms with Gasteiger partial charge in [-0.05, 0) is 32.9 Å². The number of hydrogen-bond acceptors (Lipinski definition) is 2. The predicted octanol–water partition coefficient (Wildman–Crippen LogP) is 2.61. The van der Waals surface area contributed by atoms with Crippen LogP contribution in [0, 0.1) is 5.92 Å². The van der Waals surface area contributed by atoms with Crippen molar-refractivity contribution in [1.82, 2.24) is 4.90 Å². The van der Waals surface area contributed by atoms with Gasteiger partial charge in [0, 0.05) is 5.54 Å². The Morgan fingerprint density at radius 1 is 1.40 bits per heavy atom. The molecule has 90 valence electrons. The van der Waals surface area contributed by atoms with Crippen LogP contribution in [-0.4, -0.2) is 35.6 Å². The first-order valence-corrected chi connectivity index (χ1v) is 5.77. The molecule has 0 aliphatic heterocycles. The monoisotopic (exact) mass is 215 g/mol. The fraction of sp³-hybridized carbons (Fsp3) is 0.917. The quantitative estimate of drug-likeness (QED) is 0.709. The van der Waals surface area contributed by atoms with E-state index in [-0.39, 0.29) is 12.0 Å². The first-order chi connectivity index (χ1) is 6.88. The number of carbonyl (C=O) groups is 1. The minimum absolute atomic E-state index is 0.179. The Bertz CT molecular complexity index is 204. The van der Waals surface area contributed by atoms with Gasteiger partial charge in [-0.3, -0.25) is 4.79 Å². The highest BCUT2D eigenvalue weighted by molar-refractivity contribution is 5.68. The van der Waals surface area contributed by atoms with Crippen LogP contribution in [0.3, 0.4) is 0 Å². The standard InChI is InChI=1S/C12H25NO2/c1-6-10(3)8-12(7-2,13(4)5)9-11(14)15/h10H,6-9H2,1-5H3,(H,14,15). The van der Waals surface area contributed by atoms with Crippen LogP contribution in [0.4, 0.5) is 0 Å². The molecule has 0 heterocycles. The smallest absolute Gasteiger partial charge is 0.305 e. The fourth-order valence-electron chi connectivity index (χ4n) is 2.07. The van der Waals surface area contributed by atoms with Crippen molar-refractivity contribution in [2.45, 2.75) is 52.0 Å². The zero-order chi connectivity index (χ0) is 12.1. The van der Waals surface area contributed by atoms with Crippen molar-refractivity contribution in [3.63, 3.8) is 0 Å². The van der Waals surface area contributed by atoms with Gasteiger partial charge < -0.3 is 10.0 Å². The molecule has 0 bridgehead atoms. The molecule has 0 radical (unpaired) electrons. The number of hydrogen-bond donors (Lipinski definition) is 1. The molecule has 0 aromatic rings. The zero-order valence-corrected chi connectivity index (χ0v) is 10.7. The highest BCUT2D eigenvalue weighted by Crippen LogP contribution is 2.30. The third-order valence-corrected chi connectivity index (χ3v) is 3.51. The maximum Gasteiger partial charge on any atom is 0.305 e. The van der Waals surface area contributed by atoms with Crippen LogP contribution < -0.4 is 0 Å². The van der Waals surface area contributed by atoms with Crippen LogP contribution in [0.15, 0.2) is 0 Å². The van der Waals surface area contributed by atoms with Crippen molar-refractivity contribution in [3.8, 4) is 0 Å². The molecule has 0 spiro atoms. The van der Waals surface area contributed by atoms with Crippen LogP contribution in [0.1, 0.15) is 46.5 Å². The molecule has 0 aliphatic rings. The average molecular weight is 215 g/mol. The van der Waals surface area contributed by atoms with Crippen molar-refractivity contribution >= 4 is 5.97 Å². The fourth-order valence-corrected chi connectivity index (χ4v) is 2.07. The average Bonchev–Trinajstić information content (AvgIpc) is 2.15. The van der Waals surface area contributed by atoms with Gasteiger partial charge in [-0.2, -0.15) is 0 Å². The Hall–Kier alpha value is -0.570. The Kier molecular flexibility index (Phi) is 5.88. The van der Waals surface area contributed by atoms with Gasteiger partial charge in [0.05, 0.1) is 6.42 Å². The molecule has 0 aromatic heterocycles. The van der Waals surface area contributed by atoms with Crippen LogP contribution in [0.5, 0.6) is 0 Å². The van der Waals surface area contributed by atoms with Gasteiger partial charge in [-0.1, -0.05) is 27.2 Å². The summed E-state index contributed by atoms with van der Waals surface area (Å²) in [6, 6.07) is 0. The van der Waals surface area contributed by atoms with Crippen LogP contribution in [0.25, 0.3) is 0 Å². The largest absolute Gasteiger partial charge is 0.481 e. The van der Waals surface area contributed by atoms with E-state index in [2.05, 4.69) is 25.7 Å². The van der Waals surface area contributed by atoms with E-state index in [1.54, 1.807) is 0 Å². The highest BCUT2D eigenvalue weighted by Gasteiger charge is 2.34. The summed E-state index contributed by atoms with van der Waals surface area (Å²) in [6.45, 7) is 6.42. The van der Waals surface area contributed by atoms with Gasteiger partial charge in [0.25, 0.3) is 0 Å². The molecule has 0 aromatic carbocycles. The molecular weight excluding hydrogens is 190 g/mol. The van der Waals surface area contributed by atoms with Gasteiger partial charge in [0.15, 0.2) is 0 Å². The van der Waals surface area contributed by atoms with Gasteiger partial charge in [0.1, 0.15) is 0 Å². The van der Waals surface area contributed by atoms with Crippen LogP contribution in [-0.2, 0) is 4.79 Å². The molecule has 0 rings (SSSR count). The minimum atomic E-state index is -0.700. The molecule has 3 nitrogen and oxygen atoms in total. The Morgan fingerprint density at radius 2 is 1.93 bits per heavy atom. The molecule has 0 saturated carbocycles. The zero-order valence-electron chi connectivity index (χ0n) is 10.7. The summed E-state index contributed by atoms with van der Waals surface area (Å²) in [5.41, 5.74) is -0.179. The molecule has 2 unspecified atom stereocenters. The first kappa shape index (κ1) is 14.4. The lowest BCUT2D eigenvalue weighted by Crippen LogP contribution is -2.46. The van der Waals surface area contributed by atoms with E-state index in [0.29, 0.717) is 5.92 Å². The molecular formula is C12H25NO2.